The van der Waals surface area contributed by atoms with E-state index in [9.17, 15) is 4.39 Å². The minimum Gasteiger partial charge on any atom is -0.374 e. The summed E-state index contributed by atoms with van der Waals surface area (Å²) in [6, 6.07) is 4.93. The summed E-state index contributed by atoms with van der Waals surface area (Å²) in [5, 5.41) is 3.40. The molecule has 17 heavy (non-hydrogen) atoms. The van der Waals surface area contributed by atoms with Crippen LogP contribution in [0.15, 0.2) is 18.2 Å². The molecule has 0 aliphatic carbocycles. The van der Waals surface area contributed by atoms with Gasteiger partial charge in [0.25, 0.3) is 0 Å². The van der Waals surface area contributed by atoms with Crippen LogP contribution in [0.4, 0.5) is 4.39 Å². The van der Waals surface area contributed by atoms with Crippen molar-refractivity contribution in [3.05, 3.63) is 35.1 Å². The summed E-state index contributed by atoms with van der Waals surface area (Å²) in [6.07, 6.45) is 2.26. The van der Waals surface area contributed by atoms with Gasteiger partial charge < -0.3 is 10.1 Å². The van der Waals surface area contributed by atoms with Gasteiger partial charge in [-0.2, -0.15) is 0 Å². The van der Waals surface area contributed by atoms with Gasteiger partial charge in [0.1, 0.15) is 5.82 Å². The molecule has 0 aromatic heterocycles. The highest BCUT2D eigenvalue weighted by Gasteiger charge is 2.28. The van der Waals surface area contributed by atoms with E-state index in [1.165, 1.54) is 6.07 Å². The largest absolute Gasteiger partial charge is 0.374 e. The van der Waals surface area contributed by atoms with Crippen LogP contribution in [0.2, 0.25) is 0 Å². The first-order valence-corrected chi connectivity index (χ1v) is 6.19. The van der Waals surface area contributed by atoms with Crippen LogP contribution in [0.25, 0.3) is 0 Å². The Bertz CT molecular complexity index is 386. The van der Waals surface area contributed by atoms with Crippen LogP contribution < -0.4 is 5.32 Å². The van der Waals surface area contributed by atoms with Crippen molar-refractivity contribution in [2.75, 3.05) is 13.2 Å². The molecule has 1 fully saturated rings. The number of benzene rings is 1. The summed E-state index contributed by atoms with van der Waals surface area (Å²) in [5.41, 5.74) is 2.12. The zero-order valence-corrected chi connectivity index (χ0v) is 10.6. The summed E-state index contributed by atoms with van der Waals surface area (Å²) in [7, 11) is 0. The Morgan fingerprint density at radius 1 is 1.47 bits per heavy atom. The van der Waals surface area contributed by atoms with Gasteiger partial charge in [-0.05, 0) is 49.9 Å². The predicted molar refractivity (Wildman–Crippen MR) is 66.4 cm³/mol. The zero-order chi connectivity index (χ0) is 12.3. The van der Waals surface area contributed by atoms with Crippen molar-refractivity contribution in [2.24, 2.45) is 0 Å². The zero-order valence-electron chi connectivity index (χ0n) is 10.6. The molecule has 0 spiro atoms. The van der Waals surface area contributed by atoms with Gasteiger partial charge in [0.15, 0.2) is 0 Å². The molecule has 1 saturated heterocycles. The maximum absolute atomic E-state index is 12.9. The fourth-order valence-corrected chi connectivity index (χ4v) is 2.30. The maximum Gasteiger partial charge on any atom is 0.123 e. The second-order valence-corrected chi connectivity index (χ2v) is 5.08. The Morgan fingerprint density at radius 2 is 2.29 bits per heavy atom. The molecule has 2 nitrogen and oxygen atoms in total. The third-order valence-electron chi connectivity index (χ3n) is 3.42. The number of ether oxygens (including phenoxy) is 1. The van der Waals surface area contributed by atoms with E-state index in [0.717, 1.165) is 43.7 Å². The summed E-state index contributed by atoms with van der Waals surface area (Å²) >= 11 is 0. The predicted octanol–water partition coefficient (Wildman–Crippen LogP) is 2.79. The molecule has 2 rings (SSSR count). The molecular weight excluding hydrogens is 217 g/mol. The summed E-state index contributed by atoms with van der Waals surface area (Å²) in [5.74, 6) is -0.169. The Balaban J connectivity index is 1.85. The van der Waals surface area contributed by atoms with E-state index in [1.807, 2.05) is 13.0 Å². The van der Waals surface area contributed by atoms with Gasteiger partial charge >= 0.3 is 0 Å². The smallest absolute Gasteiger partial charge is 0.123 e. The van der Waals surface area contributed by atoms with Gasteiger partial charge in [0.2, 0.25) is 0 Å². The normalized spacial score (nSPS) is 24.2. The van der Waals surface area contributed by atoms with Crippen LogP contribution >= 0.6 is 0 Å². The van der Waals surface area contributed by atoms with Crippen molar-refractivity contribution in [2.45, 2.75) is 38.8 Å². The first-order valence-electron chi connectivity index (χ1n) is 6.19. The summed E-state index contributed by atoms with van der Waals surface area (Å²) in [6.45, 7) is 6.57. The van der Waals surface area contributed by atoms with Gasteiger partial charge in [-0.25, -0.2) is 4.39 Å². The molecular formula is C14H20FNO. The second kappa shape index (κ2) is 5.15. The van der Waals surface area contributed by atoms with Crippen LogP contribution in [-0.4, -0.2) is 18.8 Å². The van der Waals surface area contributed by atoms with E-state index in [1.54, 1.807) is 6.07 Å². The lowest BCUT2D eigenvalue weighted by Gasteiger charge is -2.23. The van der Waals surface area contributed by atoms with E-state index < -0.39 is 0 Å². The van der Waals surface area contributed by atoms with Crippen LogP contribution in [0, 0.1) is 12.7 Å². The highest BCUT2D eigenvalue weighted by Crippen LogP contribution is 2.24. The van der Waals surface area contributed by atoms with Crippen molar-refractivity contribution in [3.63, 3.8) is 0 Å². The maximum atomic E-state index is 12.9. The topological polar surface area (TPSA) is 21.3 Å². The van der Waals surface area contributed by atoms with Crippen LogP contribution in [0.3, 0.4) is 0 Å². The van der Waals surface area contributed by atoms with Gasteiger partial charge in [-0.3, -0.25) is 0 Å². The van der Waals surface area contributed by atoms with Gasteiger partial charge in [-0.15, -0.1) is 0 Å². The van der Waals surface area contributed by atoms with Crippen molar-refractivity contribution < 1.29 is 9.13 Å². The molecule has 0 saturated carbocycles. The molecule has 1 unspecified atom stereocenters. The minimum atomic E-state index is -0.169. The van der Waals surface area contributed by atoms with Gasteiger partial charge in [-0.1, -0.05) is 6.07 Å². The molecule has 1 N–H and O–H groups in total. The minimum absolute atomic E-state index is 0.0199. The SMILES string of the molecule is Cc1cc(F)ccc1CNCC1(C)CCCO1. The number of rotatable bonds is 4. The standard InChI is InChI=1S/C14H20FNO/c1-11-8-13(15)5-4-12(11)9-16-10-14(2)6-3-7-17-14/h4-5,8,16H,3,6-7,9-10H2,1-2H3. The number of halogens is 1. The van der Waals surface area contributed by atoms with Crippen molar-refractivity contribution in [3.8, 4) is 0 Å². The Labute approximate surface area is 102 Å². The average molecular weight is 237 g/mol. The highest BCUT2D eigenvalue weighted by atomic mass is 19.1. The van der Waals surface area contributed by atoms with Gasteiger partial charge in [0.05, 0.1) is 5.60 Å². The molecule has 1 atom stereocenters. The Kier molecular flexibility index (Phi) is 3.79. The summed E-state index contributed by atoms with van der Waals surface area (Å²) in [4.78, 5) is 0. The molecule has 3 heteroatoms. The molecule has 94 valence electrons. The van der Waals surface area contributed by atoms with E-state index in [0.29, 0.717) is 0 Å². The van der Waals surface area contributed by atoms with Crippen LogP contribution in [0.5, 0.6) is 0 Å². The second-order valence-electron chi connectivity index (χ2n) is 5.08. The monoisotopic (exact) mass is 237 g/mol. The quantitative estimate of drug-likeness (QED) is 0.869. The lowest BCUT2D eigenvalue weighted by molar-refractivity contribution is 0.0206. The van der Waals surface area contributed by atoms with Crippen molar-refractivity contribution >= 4 is 0 Å². The van der Waals surface area contributed by atoms with E-state index in [2.05, 4.69) is 12.2 Å². The van der Waals surface area contributed by atoms with E-state index >= 15 is 0 Å². The number of aryl methyl sites for hydroxylation is 1. The van der Waals surface area contributed by atoms with E-state index in [4.69, 9.17) is 4.74 Å². The van der Waals surface area contributed by atoms with Crippen molar-refractivity contribution in [1.29, 1.82) is 0 Å². The fraction of sp³-hybridized carbons (Fsp3) is 0.571. The Hall–Kier alpha value is -0.930. The molecule has 1 heterocycles. The Morgan fingerprint density at radius 3 is 2.94 bits per heavy atom. The van der Waals surface area contributed by atoms with Crippen LogP contribution in [0.1, 0.15) is 30.9 Å². The summed E-state index contributed by atoms with van der Waals surface area (Å²) < 4.78 is 18.6. The first-order chi connectivity index (χ1) is 8.09. The molecule has 0 radical (unpaired) electrons. The molecule has 0 amide bonds. The average Bonchev–Trinajstić information content (AvgIpc) is 2.69. The number of hydrogen-bond donors (Lipinski definition) is 1. The highest BCUT2D eigenvalue weighted by molar-refractivity contribution is 5.26. The number of hydrogen-bond acceptors (Lipinski definition) is 2. The fourth-order valence-electron chi connectivity index (χ4n) is 2.30. The lowest BCUT2D eigenvalue weighted by Crippen LogP contribution is -2.36. The third kappa shape index (κ3) is 3.27. The molecule has 0 bridgehead atoms. The first kappa shape index (κ1) is 12.5. The number of nitrogens with one attached hydrogen (secondary N) is 1. The third-order valence-corrected chi connectivity index (χ3v) is 3.42. The lowest BCUT2D eigenvalue weighted by atomic mass is 10.0. The van der Waals surface area contributed by atoms with Crippen LogP contribution in [-0.2, 0) is 11.3 Å². The molecule has 1 aromatic carbocycles. The van der Waals surface area contributed by atoms with Crippen molar-refractivity contribution in [1.82, 2.24) is 5.32 Å². The molecule has 1 aromatic rings. The van der Waals surface area contributed by atoms with E-state index in [-0.39, 0.29) is 11.4 Å². The molecule has 1 aliphatic rings. The molecule has 1 aliphatic heterocycles. The van der Waals surface area contributed by atoms with Gasteiger partial charge in [0, 0.05) is 19.7 Å².